The zero-order valence-electron chi connectivity index (χ0n) is 8.02. The molecule has 74 valence electrons. The summed E-state index contributed by atoms with van der Waals surface area (Å²) in [6, 6.07) is 0. The van der Waals surface area contributed by atoms with E-state index in [4.69, 9.17) is 15.0 Å². The van der Waals surface area contributed by atoms with Gasteiger partial charge in [-0.3, -0.25) is 0 Å². The fraction of sp³-hybridized carbons (Fsp3) is 0.714. The summed E-state index contributed by atoms with van der Waals surface area (Å²) in [7, 11) is 5.22. The second-order valence-corrected chi connectivity index (χ2v) is 2.79. The highest BCUT2D eigenvalue weighted by atomic mass is 16.5. The van der Waals surface area contributed by atoms with Crippen LogP contribution in [0, 0.1) is 0 Å². The van der Waals surface area contributed by atoms with Crippen LogP contribution in [0.4, 0.5) is 5.95 Å². The lowest BCUT2D eigenvalue weighted by molar-refractivity contribution is 0.0804. The lowest BCUT2D eigenvalue weighted by Crippen LogP contribution is -2.15. The topological polar surface area (TPSA) is 77.4 Å². The number of aromatic nitrogens is 2. The van der Waals surface area contributed by atoms with Gasteiger partial charge in [-0.1, -0.05) is 0 Å². The fourth-order valence-corrected chi connectivity index (χ4v) is 0.837. The van der Waals surface area contributed by atoms with Crippen molar-refractivity contribution in [2.75, 3.05) is 32.6 Å². The Morgan fingerprint density at radius 3 is 2.69 bits per heavy atom. The average molecular weight is 186 g/mol. The molecule has 2 N–H and O–H groups in total. The molecular formula is C7H14N4O2. The SMILES string of the molecule is COC(CN)c1nc(N(C)C)no1. The summed E-state index contributed by atoms with van der Waals surface area (Å²) in [6.45, 7) is 0.325. The number of nitrogens with zero attached hydrogens (tertiary/aromatic N) is 3. The molecular weight excluding hydrogens is 172 g/mol. The third kappa shape index (κ3) is 2.16. The van der Waals surface area contributed by atoms with Crippen LogP contribution in [0.5, 0.6) is 0 Å². The summed E-state index contributed by atoms with van der Waals surface area (Å²) in [5.41, 5.74) is 5.43. The van der Waals surface area contributed by atoms with E-state index in [1.165, 1.54) is 0 Å². The van der Waals surface area contributed by atoms with Gasteiger partial charge in [-0.05, 0) is 5.16 Å². The standard InChI is InChI=1S/C7H14N4O2/c1-11(2)7-9-6(13-10-7)5(4-8)12-3/h5H,4,8H2,1-3H3. The van der Waals surface area contributed by atoms with Gasteiger partial charge in [0.1, 0.15) is 6.10 Å². The molecule has 1 aromatic heterocycles. The Morgan fingerprint density at radius 1 is 1.62 bits per heavy atom. The molecule has 0 spiro atoms. The summed E-state index contributed by atoms with van der Waals surface area (Å²) < 4.78 is 10.0. The van der Waals surface area contributed by atoms with E-state index < -0.39 is 0 Å². The van der Waals surface area contributed by atoms with Crippen molar-refractivity contribution in [2.24, 2.45) is 5.73 Å². The number of hydrogen-bond acceptors (Lipinski definition) is 6. The van der Waals surface area contributed by atoms with Gasteiger partial charge in [0.05, 0.1) is 0 Å². The maximum Gasteiger partial charge on any atom is 0.265 e. The van der Waals surface area contributed by atoms with E-state index in [0.29, 0.717) is 18.4 Å². The van der Waals surface area contributed by atoms with Gasteiger partial charge in [-0.2, -0.15) is 4.98 Å². The minimum Gasteiger partial charge on any atom is -0.370 e. The predicted molar refractivity (Wildman–Crippen MR) is 47.4 cm³/mol. The molecule has 6 heteroatoms. The monoisotopic (exact) mass is 186 g/mol. The van der Waals surface area contributed by atoms with Gasteiger partial charge in [-0.15, -0.1) is 0 Å². The predicted octanol–water partition coefficient (Wildman–Crippen LogP) is -0.218. The van der Waals surface area contributed by atoms with E-state index in [9.17, 15) is 0 Å². The molecule has 1 aromatic rings. The first kappa shape index (κ1) is 9.94. The number of nitrogens with two attached hydrogens (primary N) is 1. The summed E-state index contributed by atoms with van der Waals surface area (Å²) in [4.78, 5) is 5.84. The Morgan fingerprint density at radius 2 is 2.31 bits per heavy atom. The number of hydrogen-bond donors (Lipinski definition) is 1. The average Bonchev–Trinajstić information content (AvgIpc) is 2.56. The Bertz CT molecular complexity index is 257. The van der Waals surface area contributed by atoms with Crippen molar-refractivity contribution in [1.29, 1.82) is 0 Å². The zero-order chi connectivity index (χ0) is 9.84. The van der Waals surface area contributed by atoms with Crippen LogP contribution >= 0.6 is 0 Å². The molecule has 0 bridgehead atoms. The highest BCUT2D eigenvalue weighted by Gasteiger charge is 2.17. The molecule has 1 rings (SSSR count). The van der Waals surface area contributed by atoms with Crippen molar-refractivity contribution >= 4 is 5.95 Å². The Labute approximate surface area is 76.7 Å². The molecule has 13 heavy (non-hydrogen) atoms. The highest BCUT2D eigenvalue weighted by Crippen LogP contribution is 2.15. The summed E-state index contributed by atoms with van der Waals surface area (Å²) in [5, 5.41) is 3.74. The molecule has 0 fully saturated rings. The van der Waals surface area contributed by atoms with Crippen LogP contribution < -0.4 is 10.6 Å². The number of methoxy groups -OCH3 is 1. The molecule has 1 atom stereocenters. The van der Waals surface area contributed by atoms with Crippen molar-refractivity contribution < 1.29 is 9.26 Å². The molecule has 1 heterocycles. The summed E-state index contributed by atoms with van der Waals surface area (Å²) >= 11 is 0. The fourth-order valence-electron chi connectivity index (χ4n) is 0.837. The van der Waals surface area contributed by atoms with Crippen molar-refractivity contribution in [3.8, 4) is 0 Å². The summed E-state index contributed by atoms with van der Waals surface area (Å²) in [5.74, 6) is 0.930. The quantitative estimate of drug-likeness (QED) is 0.700. The first-order chi connectivity index (χ1) is 6.19. The van der Waals surface area contributed by atoms with E-state index in [0.717, 1.165) is 0 Å². The number of ether oxygens (including phenoxy) is 1. The third-order valence-corrected chi connectivity index (χ3v) is 1.61. The van der Waals surface area contributed by atoms with Gasteiger partial charge in [0, 0.05) is 27.7 Å². The molecule has 0 saturated carbocycles. The molecule has 0 aromatic carbocycles. The number of rotatable bonds is 4. The van der Waals surface area contributed by atoms with Crippen LogP contribution in [0.2, 0.25) is 0 Å². The molecule has 0 aliphatic carbocycles. The van der Waals surface area contributed by atoms with Crippen molar-refractivity contribution in [2.45, 2.75) is 6.10 Å². The lowest BCUT2D eigenvalue weighted by Gasteiger charge is -2.06. The lowest BCUT2D eigenvalue weighted by atomic mass is 10.3. The zero-order valence-corrected chi connectivity index (χ0v) is 8.02. The van der Waals surface area contributed by atoms with E-state index in [1.807, 2.05) is 14.1 Å². The maximum absolute atomic E-state index is 5.43. The van der Waals surface area contributed by atoms with Crippen LogP contribution in [0.3, 0.4) is 0 Å². The van der Waals surface area contributed by atoms with Crippen molar-refractivity contribution in [3.63, 3.8) is 0 Å². The van der Waals surface area contributed by atoms with Crippen molar-refractivity contribution in [3.05, 3.63) is 5.89 Å². The van der Waals surface area contributed by atoms with Gasteiger partial charge in [-0.25, -0.2) is 0 Å². The first-order valence-corrected chi connectivity index (χ1v) is 3.92. The van der Waals surface area contributed by atoms with Gasteiger partial charge >= 0.3 is 0 Å². The van der Waals surface area contributed by atoms with Crippen LogP contribution in [-0.4, -0.2) is 37.9 Å². The van der Waals surface area contributed by atoms with Crippen molar-refractivity contribution in [1.82, 2.24) is 10.1 Å². The van der Waals surface area contributed by atoms with Crippen LogP contribution in [0.15, 0.2) is 4.52 Å². The van der Waals surface area contributed by atoms with Crippen LogP contribution in [0.25, 0.3) is 0 Å². The van der Waals surface area contributed by atoms with Crippen LogP contribution in [-0.2, 0) is 4.74 Å². The molecule has 0 amide bonds. The normalized spacial score (nSPS) is 12.9. The number of anilines is 1. The Hall–Kier alpha value is -1.14. The molecule has 0 aliphatic rings. The van der Waals surface area contributed by atoms with E-state index in [-0.39, 0.29) is 6.10 Å². The largest absolute Gasteiger partial charge is 0.370 e. The molecule has 0 radical (unpaired) electrons. The molecule has 1 unspecified atom stereocenters. The van der Waals surface area contributed by atoms with Gasteiger partial charge < -0.3 is 19.9 Å². The van der Waals surface area contributed by atoms with E-state index in [1.54, 1.807) is 12.0 Å². The van der Waals surface area contributed by atoms with Gasteiger partial charge in [0.25, 0.3) is 11.8 Å². The summed E-state index contributed by atoms with van der Waals surface area (Å²) in [6.07, 6.45) is -0.318. The first-order valence-electron chi connectivity index (χ1n) is 3.92. The Kier molecular flexibility index (Phi) is 3.21. The van der Waals surface area contributed by atoms with E-state index >= 15 is 0 Å². The molecule has 0 saturated heterocycles. The molecule has 6 nitrogen and oxygen atoms in total. The van der Waals surface area contributed by atoms with Gasteiger partial charge in [0.2, 0.25) is 0 Å². The Balaban J connectivity index is 2.78. The van der Waals surface area contributed by atoms with Crippen LogP contribution in [0.1, 0.15) is 12.0 Å². The van der Waals surface area contributed by atoms with E-state index in [2.05, 4.69) is 10.1 Å². The maximum atomic E-state index is 5.43. The minimum absolute atomic E-state index is 0.318. The minimum atomic E-state index is -0.318. The smallest absolute Gasteiger partial charge is 0.265 e. The second kappa shape index (κ2) is 4.20. The van der Waals surface area contributed by atoms with Gasteiger partial charge in [0.15, 0.2) is 0 Å². The highest BCUT2D eigenvalue weighted by molar-refractivity contribution is 5.23. The molecule has 0 aliphatic heterocycles. The second-order valence-electron chi connectivity index (χ2n) is 2.79. The third-order valence-electron chi connectivity index (χ3n) is 1.61.